The number of hydrogen-bond donors (Lipinski definition) is 0. The molecule has 1 aliphatic heterocycles. The van der Waals surface area contributed by atoms with Crippen LogP contribution in [-0.4, -0.2) is 17.6 Å². The summed E-state index contributed by atoms with van der Waals surface area (Å²) in [5.74, 6) is 0.249. The summed E-state index contributed by atoms with van der Waals surface area (Å²) in [6, 6.07) is 17.0. The van der Waals surface area contributed by atoms with Gasteiger partial charge in [-0.3, -0.25) is 0 Å². The number of carbonyl (C=O) groups excluding carboxylic acids is 1. The molecule has 4 nitrogen and oxygen atoms in total. The molecule has 1 saturated heterocycles. The molecule has 1 fully saturated rings. The van der Waals surface area contributed by atoms with E-state index in [0.29, 0.717) is 22.8 Å². The highest BCUT2D eigenvalue weighted by Gasteiger charge is 2.45. The van der Waals surface area contributed by atoms with E-state index in [1.165, 1.54) is 0 Å². The smallest absolute Gasteiger partial charge is 0.334 e. The van der Waals surface area contributed by atoms with Crippen molar-refractivity contribution in [3.05, 3.63) is 83.0 Å². The van der Waals surface area contributed by atoms with Gasteiger partial charge in [0.2, 0.25) is 0 Å². The van der Waals surface area contributed by atoms with Crippen LogP contribution in [0.5, 0.6) is 5.75 Å². The number of carbonyl (C=O) groups is 1. The second kappa shape index (κ2) is 6.71. The van der Waals surface area contributed by atoms with E-state index in [4.69, 9.17) is 21.1 Å². The zero-order chi connectivity index (χ0) is 19.0. The Kier molecular flexibility index (Phi) is 4.36. The maximum Gasteiger partial charge on any atom is 0.334 e. The molecule has 0 N–H and O–H groups in total. The molecule has 0 radical (unpaired) electrons. The number of hydrogen-bond acceptors (Lipinski definition) is 4. The van der Waals surface area contributed by atoms with Crippen LogP contribution in [0.25, 0.3) is 10.9 Å². The predicted molar refractivity (Wildman–Crippen MR) is 105 cm³/mol. The second-order valence-electron chi connectivity index (χ2n) is 6.74. The number of cyclic esters (lactones) is 1. The van der Waals surface area contributed by atoms with Gasteiger partial charge < -0.3 is 9.47 Å². The number of fused-ring (bicyclic) bond motifs is 1. The summed E-state index contributed by atoms with van der Waals surface area (Å²) in [4.78, 5) is 16.7. The van der Waals surface area contributed by atoms with E-state index in [1.807, 2.05) is 49.4 Å². The molecular formula is C22H18ClNO3. The number of aryl methyl sites for hydroxylation is 1. The van der Waals surface area contributed by atoms with E-state index in [2.05, 4.69) is 11.6 Å². The minimum atomic E-state index is -0.926. The number of aromatic nitrogens is 1. The first-order valence-corrected chi connectivity index (χ1v) is 9.01. The van der Waals surface area contributed by atoms with Gasteiger partial charge in [0, 0.05) is 28.1 Å². The average molecular weight is 380 g/mol. The van der Waals surface area contributed by atoms with Crippen molar-refractivity contribution in [3.63, 3.8) is 0 Å². The van der Waals surface area contributed by atoms with E-state index in [0.717, 1.165) is 22.2 Å². The highest BCUT2D eigenvalue weighted by atomic mass is 35.5. The summed E-state index contributed by atoms with van der Waals surface area (Å²) in [5.41, 5.74) is 2.02. The summed E-state index contributed by atoms with van der Waals surface area (Å²) in [6.45, 7) is 5.92. The Morgan fingerprint density at radius 2 is 1.96 bits per heavy atom. The Morgan fingerprint density at radius 1 is 1.19 bits per heavy atom. The van der Waals surface area contributed by atoms with Gasteiger partial charge in [-0.1, -0.05) is 48.5 Å². The van der Waals surface area contributed by atoms with Gasteiger partial charge in [-0.05, 0) is 36.8 Å². The molecule has 0 aliphatic carbocycles. The molecule has 27 heavy (non-hydrogen) atoms. The second-order valence-corrected chi connectivity index (χ2v) is 7.18. The Morgan fingerprint density at radius 3 is 2.67 bits per heavy atom. The molecule has 136 valence electrons. The fourth-order valence-corrected chi connectivity index (χ4v) is 3.44. The number of ether oxygens (including phenoxy) is 2. The van der Waals surface area contributed by atoms with Crippen molar-refractivity contribution in [2.45, 2.75) is 18.9 Å². The van der Waals surface area contributed by atoms with Gasteiger partial charge in [-0.25, -0.2) is 9.78 Å². The van der Waals surface area contributed by atoms with Crippen molar-refractivity contribution in [1.82, 2.24) is 4.98 Å². The van der Waals surface area contributed by atoms with Gasteiger partial charge in [-0.15, -0.1) is 0 Å². The zero-order valence-electron chi connectivity index (χ0n) is 14.9. The fourth-order valence-electron chi connectivity index (χ4n) is 3.31. The van der Waals surface area contributed by atoms with E-state index >= 15 is 0 Å². The van der Waals surface area contributed by atoms with Crippen LogP contribution < -0.4 is 4.74 Å². The summed E-state index contributed by atoms with van der Waals surface area (Å²) in [5, 5.41) is 1.61. The molecule has 1 aromatic heterocycles. The largest absolute Gasteiger partial charge is 0.487 e. The third kappa shape index (κ3) is 3.28. The molecule has 1 atom stereocenters. The van der Waals surface area contributed by atoms with E-state index in [1.54, 1.807) is 12.1 Å². The van der Waals surface area contributed by atoms with Crippen LogP contribution in [0.2, 0.25) is 5.02 Å². The third-order valence-corrected chi connectivity index (χ3v) is 4.98. The SMILES string of the molecule is C=C1CC(COc2cccc3ccc(C)nc23)(c2ccc(Cl)cc2)OC1=O. The molecule has 3 aromatic rings. The van der Waals surface area contributed by atoms with Gasteiger partial charge in [0.25, 0.3) is 0 Å². The van der Waals surface area contributed by atoms with Crippen molar-refractivity contribution >= 4 is 28.5 Å². The average Bonchev–Trinajstić information content (AvgIpc) is 2.95. The van der Waals surface area contributed by atoms with Gasteiger partial charge >= 0.3 is 5.97 Å². The number of pyridine rings is 1. The summed E-state index contributed by atoms with van der Waals surface area (Å²) >= 11 is 6.01. The van der Waals surface area contributed by atoms with Crippen LogP contribution in [0, 0.1) is 6.92 Å². The number of para-hydroxylation sites is 1. The normalized spacial score (nSPS) is 19.3. The standard InChI is InChI=1S/C22H18ClNO3/c1-14-12-22(27-21(14)25,17-8-10-18(23)11-9-17)13-26-19-5-3-4-16-7-6-15(2)24-20(16)19/h3-11H,1,12-13H2,2H3. The Balaban J connectivity index is 1.70. The highest BCUT2D eigenvalue weighted by Crippen LogP contribution is 2.40. The number of rotatable bonds is 4. The first-order valence-electron chi connectivity index (χ1n) is 8.63. The maximum absolute atomic E-state index is 12.1. The van der Waals surface area contributed by atoms with Crippen LogP contribution in [0.1, 0.15) is 17.7 Å². The lowest BCUT2D eigenvalue weighted by molar-refractivity contribution is -0.150. The van der Waals surface area contributed by atoms with Crippen LogP contribution >= 0.6 is 11.6 Å². The quantitative estimate of drug-likeness (QED) is 0.474. The van der Waals surface area contributed by atoms with Crippen molar-refractivity contribution in [1.29, 1.82) is 0 Å². The molecule has 1 aliphatic rings. The molecule has 0 amide bonds. The fraction of sp³-hybridized carbons (Fsp3) is 0.182. The van der Waals surface area contributed by atoms with E-state index < -0.39 is 11.6 Å². The molecule has 0 spiro atoms. The van der Waals surface area contributed by atoms with Crippen LogP contribution in [0.4, 0.5) is 0 Å². The summed E-state index contributed by atoms with van der Waals surface area (Å²) in [7, 11) is 0. The molecule has 2 aromatic carbocycles. The van der Waals surface area contributed by atoms with Gasteiger partial charge in [0.15, 0.2) is 5.60 Å². The minimum absolute atomic E-state index is 0.161. The third-order valence-electron chi connectivity index (χ3n) is 4.73. The zero-order valence-corrected chi connectivity index (χ0v) is 15.6. The number of halogens is 1. The first kappa shape index (κ1) is 17.6. The topological polar surface area (TPSA) is 48.4 Å². The number of nitrogens with zero attached hydrogens (tertiary/aromatic N) is 1. The summed E-state index contributed by atoms with van der Waals surface area (Å²) < 4.78 is 11.8. The first-order chi connectivity index (χ1) is 13.0. The molecule has 0 bridgehead atoms. The van der Waals surface area contributed by atoms with Crippen LogP contribution in [0.15, 0.2) is 66.7 Å². The number of esters is 1. The Hall–Kier alpha value is -2.85. The minimum Gasteiger partial charge on any atom is -0.487 e. The highest BCUT2D eigenvalue weighted by molar-refractivity contribution is 6.30. The molecule has 1 unspecified atom stereocenters. The lowest BCUT2D eigenvalue weighted by Crippen LogP contribution is -2.33. The number of benzene rings is 2. The molecule has 4 rings (SSSR count). The molecular weight excluding hydrogens is 362 g/mol. The monoisotopic (exact) mass is 379 g/mol. The van der Waals surface area contributed by atoms with Crippen LogP contribution in [-0.2, 0) is 15.1 Å². The summed E-state index contributed by atoms with van der Waals surface area (Å²) in [6.07, 6.45) is 0.366. The van der Waals surface area contributed by atoms with E-state index in [9.17, 15) is 4.79 Å². The lowest BCUT2D eigenvalue weighted by Gasteiger charge is -2.28. The van der Waals surface area contributed by atoms with Gasteiger partial charge in [0.05, 0.1) is 0 Å². The molecule has 0 saturated carbocycles. The van der Waals surface area contributed by atoms with Gasteiger partial charge in [0.1, 0.15) is 17.9 Å². The van der Waals surface area contributed by atoms with Crippen molar-refractivity contribution < 1.29 is 14.3 Å². The molecule has 5 heteroatoms. The van der Waals surface area contributed by atoms with Gasteiger partial charge in [-0.2, -0.15) is 0 Å². The van der Waals surface area contributed by atoms with Crippen molar-refractivity contribution in [2.75, 3.05) is 6.61 Å². The van der Waals surface area contributed by atoms with Crippen molar-refractivity contribution in [3.8, 4) is 5.75 Å². The maximum atomic E-state index is 12.1. The van der Waals surface area contributed by atoms with E-state index in [-0.39, 0.29) is 6.61 Å². The lowest BCUT2D eigenvalue weighted by atomic mass is 9.90. The Labute approximate surface area is 162 Å². The molecule has 2 heterocycles. The predicted octanol–water partition coefficient (Wildman–Crippen LogP) is 4.97. The van der Waals surface area contributed by atoms with Crippen molar-refractivity contribution in [2.24, 2.45) is 0 Å². The Bertz CT molecular complexity index is 1030. The van der Waals surface area contributed by atoms with Crippen LogP contribution in [0.3, 0.4) is 0 Å².